The smallest absolute Gasteiger partial charge is 0.236 e. The number of likely N-dealkylation sites (tertiary alicyclic amines) is 3. The summed E-state index contributed by atoms with van der Waals surface area (Å²) in [6.45, 7) is 4.94. The van der Waals surface area contributed by atoms with Crippen molar-refractivity contribution in [3.8, 4) is 0 Å². The Balaban J connectivity index is 1.31. The van der Waals surface area contributed by atoms with Crippen molar-refractivity contribution >= 4 is 23.4 Å². The van der Waals surface area contributed by atoms with E-state index in [4.69, 9.17) is 11.6 Å². The molecule has 0 aliphatic carbocycles. The molecule has 0 N–H and O–H groups in total. The highest BCUT2D eigenvalue weighted by atomic mass is 35.5. The van der Waals surface area contributed by atoms with Gasteiger partial charge in [-0.05, 0) is 56.2 Å². The first-order valence-electron chi connectivity index (χ1n) is 10.6. The van der Waals surface area contributed by atoms with Gasteiger partial charge in [0.2, 0.25) is 11.8 Å². The molecule has 0 aromatic heterocycles. The third-order valence-electron chi connectivity index (χ3n) is 6.75. The summed E-state index contributed by atoms with van der Waals surface area (Å²) >= 11 is 5.93. The van der Waals surface area contributed by atoms with Crippen LogP contribution < -0.4 is 0 Å². The summed E-state index contributed by atoms with van der Waals surface area (Å²) in [7, 11) is 0. The Hall–Kier alpha value is -1.59. The van der Waals surface area contributed by atoms with E-state index < -0.39 is 0 Å². The van der Waals surface area contributed by atoms with Gasteiger partial charge in [0.1, 0.15) is 0 Å². The van der Waals surface area contributed by atoms with E-state index in [0.717, 1.165) is 81.8 Å². The molecule has 1 aromatic carbocycles. The van der Waals surface area contributed by atoms with Crippen molar-refractivity contribution in [1.82, 2.24) is 14.7 Å². The first kappa shape index (κ1) is 19.7. The molecule has 28 heavy (non-hydrogen) atoms. The molecule has 4 rings (SSSR count). The van der Waals surface area contributed by atoms with E-state index in [-0.39, 0.29) is 17.4 Å². The minimum Gasteiger partial charge on any atom is -0.342 e. The molecule has 0 bridgehead atoms. The summed E-state index contributed by atoms with van der Waals surface area (Å²) < 4.78 is 0. The molecule has 0 unspecified atom stereocenters. The largest absolute Gasteiger partial charge is 0.342 e. The van der Waals surface area contributed by atoms with Crippen molar-refractivity contribution in [1.29, 1.82) is 0 Å². The summed E-state index contributed by atoms with van der Waals surface area (Å²) in [6, 6.07) is 7.73. The zero-order valence-corrected chi connectivity index (χ0v) is 17.3. The van der Waals surface area contributed by atoms with Crippen LogP contribution in [0.5, 0.6) is 0 Å². The Bertz CT molecular complexity index is 717. The monoisotopic (exact) mass is 403 g/mol. The van der Waals surface area contributed by atoms with Gasteiger partial charge in [-0.2, -0.15) is 0 Å². The lowest BCUT2D eigenvalue weighted by Gasteiger charge is -2.57. The molecular formula is C22H30ClN3O2. The maximum Gasteiger partial charge on any atom is 0.236 e. The Morgan fingerprint density at radius 2 is 1.61 bits per heavy atom. The zero-order chi connectivity index (χ0) is 19.6. The molecular weight excluding hydrogens is 374 g/mol. The molecule has 1 aromatic rings. The van der Waals surface area contributed by atoms with Gasteiger partial charge in [-0.25, -0.2) is 0 Å². The van der Waals surface area contributed by atoms with Crippen molar-refractivity contribution in [2.45, 2.75) is 50.5 Å². The van der Waals surface area contributed by atoms with Gasteiger partial charge in [0.05, 0.1) is 6.54 Å². The molecule has 1 spiro atoms. The Morgan fingerprint density at radius 3 is 2.29 bits per heavy atom. The van der Waals surface area contributed by atoms with Gasteiger partial charge in [0, 0.05) is 49.7 Å². The molecule has 3 saturated heterocycles. The van der Waals surface area contributed by atoms with E-state index in [2.05, 4.69) is 4.90 Å². The van der Waals surface area contributed by atoms with Gasteiger partial charge in [0.25, 0.3) is 0 Å². The van der Waals surface area contributed by atoms with Crippen molar-refractivity contribution in [3.05, 3.63) is 34.9 Å². The molecule has 3 heterocycles. The molecule has 152 valence electrons. The van der Waals surface area contributed by atoms with Crippen LogP contribution >= 0.6 is 11.6 Å². The van der Waals surface area contributed by atoms with E-state index in [1.54, 1.807) is 0 Å². The first-order valence-corrected chi connectivity index (χ1v) is 11.0. The maximum absolute atomic E-state index is 12.8. The van der Waals surface area contributed by atoms with Crippen LogP contribution in [0.2, 0.25) is 5.02 Å². The number of hydrogen-bond donors (Lipinski definition) is 0. The number of amides is 2. The normalized spacial score (nSPS) is 25.2. The topological polar surface area (TPSA) is 43.9 Å². The van der Waals surface area contributed by atoms with Crippen LogP contribution in [0, 0.1) is 0 Å². The minimum absolute atomic E-state index is 0.0313. The SMILES string of the molecule is O=C(CN1CC[C@]12CCCN(C(=O)CCc1ccc(Cl)cc1)C2)N1CCCC1. The van der Waals surface area contributed by atoms with Gasteiger partial charge in [-0.15, -0.1) is 0 Å². The second kappa shape index (κ2) is 8.42. The number of aryl methyl sites for hydroxylation is 1. The van der Waals surface area contributed by atoms with Gasteiger partial charge in [0.15, 0.2) is 0 Å². The quantitative estimate of drug-likeness (QED) is 0.759. The highest BCUT2D eigenvalue weighted by Crippen LogP contribution is 2.38. The zero-order valence-electron chi connectivity index (χ0n) is 16.5. The van der Waals surface area contributed by atoms with Crippen molar-refractivity contribution < 1.29 is 9.59 Å². The lowest BCUT2D eigenvalue weighted by atomic mass is 9.77. The molecule has 2 amide bonds. The summed E-state index contributed by atoms with van der Waals surface area (Å²) in [6.07, 6.45) is 6.77. The van der Waals surface area contributed by atoms with Crippen molar-refractivity contribution in [2.24, 2.45) is 0 Å². The number of carbonyl (C=O) groups excluding carboxylic acids is 2. The summed E-state index contributed by atoms with van der Waals surface area (Å²) in [5.74, 6) is 0.495. The number of carbonyl (C=O) groups is 2. The maximum atomic E-state index is 12.8. The van der Waals surface area contributed by atoms with E-state index in [1.807, 2.05) is 34.1 Å². The van der Waals surface area contributed by atoms with E-state index in [1.165, 1.54) is 0 Å². The van der Waals surface area contributed by atoms with E-state index in [0.29, 0.717) is 13.0 Å². The number of nitrogens with zero attached hydrogens (tertiary/aromatic N) is 3. The number of halogens is 1. The Labute approximate surface area is 172 Å². The van der Waals surface area contributed by atoms with Gasteiger partial charge < -0.3 is 9.80 Å². The van der Waals surface area contributed by atoms with Crippen LogP contribution in [-0.4, -0.2) is 71.3 Å². The Morgan fingerprint density at radius 1 is 0.893 bits per heavy atom. The molecule has 6 heteroatoms. The molecule has 3 aliphatic rings. The number of benzene rings is 1. The van der Waals surface area contributed by atoms with Crippen LogP contribution in [0.25, 0.3) is 0 Å². The van der Waals surface area contributed by atoms with Crippen LogP contribution in [-0.2, 0) is 16.0 Å². The fraction of sp³-hybridized carbons (Fsp3) is 0.636. The third-order valence-corrected chi connectivity index (χ3v) is 7.00. The van der Waals surface area contributed by atoms with Crippen molar-refractivity contribution in [3.63, 3.8) is 0 Å². The highest BCUT2D eigenvalue weighted by molar-refractivity contribution is 6.30. The van der Waals surface area contributed by atoms with Gasteiger partial charge in [-0.1, -0.05) is 23.7 Å². The Kier molecular flexibility index (Phi) is 5.93. The standard InChI is InChI=1S/C22H30ClN3O2/c23-19-7-4-18(5-8-19)6-9-20(27)25-14-3-10-22(17-25)11-15-26(22)16-21(28)24-12-1-2-13-24/h4-5,7-8H,1-3,6,9-17H2/t22-/m0/s1. The number of rotatable bonds is 5. The lowest BCUT2D eigenvalue weighted by Crippen LogP contribution is -2.68. The van der Waals surface area contributed by atoms with Crippen LogP contribution in [0.15, 0.2) is 24.3 Å². The number of hydrogen-bond acceptors (Lipinski definition) is 3. The minimum atomic E-state index is 0.0313. The second-order valence-corrected chi connectivity index (χ2v) is 8.97. The molecule has 0 saturated carbocycles. The lowest BCUT2D eigenvalue weighted by molar-refractivity contribution is -0.145. The fourth-order valence-corrected chi connectivity index (χ4v) is 5.04. The summed E-state index contributed by atoms with van der Waals surface area (Å²) in [5.41, 5.74) is 1.18. The second-order valence-electron chi connectivity index (χ2n) is 8.53. The fourth-order valence-electron chi connectivity index (χ4n) is 4.91. The van der Waals surface area contributed by atoms with Gasteiger partial charge >= 0.3 is 0 Å². The molecule has 3 fully saturated rings. The van der Waals surface area contributed by atoms with E-state index >= 15 is 0 Å². The predicted octanol–water partition coefficient (Wildman–Crippen LogP) is 2.96. The summed E-state index contributed by atoms with van der Waals surface area (Å²) in [5, 5.41) is 0.724. The molecule has 3 aliphatic heterocycles. The average molecular weight is 404 g/mol. The highest BCUT2D eigenvalue weighted by Gasteiger charge is 2.48. The first-order chi connectivity index (χ1) is 13.6. The van der Waals surface area contributed by atoms with Crippen LogP contribution in [0.4, 0.5) is 0 Å². The van der Waals surface area contributed by atoms with Crippen LogP contribution in [0.1, 0.15) is 44.1 Å². The summed E-state index contributed by atoms with van der Waals surface area (Å²) in [4.78, 5) is 31.8. The number of piperidine rings is 1. The van der Waals surface area contributed by atoms with Gasteiger partial charge in [-0.3, -0.25) is 14.5 Å². The predicted molar refractivity (Wildman–Crippen MR) is 110 cm³/mol. The van der Waals surface area contributed by atoms with Crippen LogP contribution in [0.3, 0.4) is 0 Å². The molecule has 1 atom stereocenters. The van der Waals surface area contributed by atoms with Crippen molar-refractivity contribution in [2.75, 3.05) is 39.3 Å². The molecule has 0 radical (unpaired) electrons. The average Bonchev–Trinajstić information content (AvgIpc) is 3.25. The molecule has 5 nitrogen and oxygen atoms in total. The van der Waals surface area contributed by atoms with E-state index in [9.17, 15) is 9.59 Å². The third kappa shape index (κ3) is 4.20.